The molecular weight excluding hydrogens is 475 g/mol. The molecule has 11 heteroatoms. The monoisotopic (exact) mass is 500 g/mol. The van der Waals surface area contributed by atoms with E-state index in [1.165, 1.54) is 23.5 Å². The number of pyridine rings is 1. The van der Waals surface area contributed by atoms with Gasteiger partial charge in [-0.05, 0) is 61.7 Å². The van der Waals surface area contributed by atoms with E-state index in [4.69, 9.17) is 10.5 Å². The highest BCUT2D eigenvalue weighted by Gasteiger charge is 2.29. The highest BCUT2D eigenvalue weighted by Crippen LogP contribution is 2.36. The summed E-state index contributed by atoms with van der Waals surface area (Å²) in [6.45, 7) is 3.64. The first-order valence-electron chi connectivity index (χ1n) is 10.9. The number of amides is 1. The number of aromatic nitrogens is 1. The number of sulfonamides is 1. The lowest BCUT2D eigenvalue weighted by Crippen LogP contribution is -2.30. The van der Waals surface area contributed by atoms with Crippen LogP contribution in [0.4, 0.5) is 21.6 Å². The molecule has 1 aromatic heterocycles. The molecular formula is C24H25FN4O5S. The summed E-state index contributed by atoms with van der Waals surface area (Å²) in [5, 5.41) is 2.79. The zero-order valence-corrected chi connectivity index (χ0v) is 20.3. The van der Waals surface area contributed by atoms with Crippen LogP contribution in [0.25, 0.3) is 0 Å². The number of halogens is 1. The minimum Gasteiger partial charge on any atom is -0.456 e. The van der Waals surface area contributed by atoms with Crippen molar-refractivity contribution in [2.45, 2.75) is 20.3 Å². The molecule has 3 N–H and O–H groups in total. The average Bonchev–Trinajstić information content (AvgIpc) is 3.22. The first-order valence-corrected chi connectivity index (χ1v) is 12.5. The Balaban J connectivity index is 1.75. The van der Waals surface area contributed by atoms with Gasteiger partial charge in [0.1, 0.15) is 28.7 Å². The number of ether oxygens (including phenoxy) is 1. The van der Waals surface area contributed by atoms with Gasteiger partial charge in [0, 0.05) is 19.7 Å². The highest BCUT2D eigenvalue weighted by molar-refractivity contribution is 7.92. The van der Waals surface area contributed by atoms with Crippen LogP contribution in [-0.4, -0.2) is 31.2 Å². The fourth-order valence-electron chi connectivity index (χ4n) is 3.97. The van der Waals surface area contributed by atoms with Gasteiger partial charge in [0.05, 0.1) is 17.1 Å². The van der Waals surface area contributed by atoms with Gasteiger partial charge in [-0.15, -0.1) is 0 Å². The number of nitrogens with two attached hydrogens (primary N) is 1. The number of nitrogens with zero attached hydrogens (tertiary/aromatic N) is 2. The van der Waals surface area contributed by atoms with Crippen LogP contribution in [-0.2, 0) is 23.5 Å². The minimum atomic E-state index is -3.40. The van der Waals surface area contributed by atoms with E-state index in [1.807, 2.05) is 0 Å². The van der Waals surface area contributed by atoms with E-state index >= 15 is 0 Å². The summed E-state index contributed by atoms with van der Waals surface area (Å²) in [5.74, 6) is -1.30. The van der Waals surface area contributed by atoms with Crippen LogP contribution in [0.15, 0.2) is 47.3 Å². The molecule has 184 valence electrons. The van der Waals surface area contributed by atoms with E-state index in [1.54, 1.807) is 38.1 Å². The Kier molecular flexibility index (Phi) is 6.28. The molecule has 0 radical (unpaired) electrons. The molecule has 1 aliphatic heterocycles. The molecule has 35 heavy (non-hydrogen) atoms. The van der Waals surface area contributed by atoms with Crippen molar-refractivity contribution in [3.05, 3.63) is 75.3 Å². The molecule has 0 saturated carbocycles. The van der Waals surface area contributed by atoms with Crippen LogP contribution in [0.5, 0.6) is 11.5 Å². The van der Waals surface area contributed by atoms with E-state index in [-0.39, 0.29) is 28.6 Å². The largest absolute Gasteiger partial charge is 0.456 e. The van der Waals surface area contributed by atoms with Gasteiger partial charge in [0.15, 0.2) is 0 Å². The number of carbonyl (C=O) groups is 1. The van der Waals surface area contributed by atoms with Crippen molar-refractivity contribution in [1.29, 1.82) is 0 Å². The van der Waals surface area contributed by atoms with Crippen LogP contribution < -0.4 is 25.7 Å². The lowest BCUT2D eigenvalue weighted by Gasteiger charge is -2.19. The van der Waals surface area contributed by atoms with Crippen molar-refractivity contribution in [3.8, 4) is 11.5 Å². The molecule has 0 fully saturated rings. The summed E-state index contributed by atoms with van der Waals surface area (Å²) >= 11 is 0. The lowest BCUT2D eigenvalue weighted by molar-refractivity contribution is 0.0998. The number of aryl methyl sites for hydroxylation is 1. The summed E-state index contributed by atoms with van der Waals surface area (Å²) in [4.78, 5) is 25.1. The Labute approximate surface area is 202 Å². The first-order chi connectivity index (χ1) is 16.5. The third-order valence-electron chi connectivity index (χ3n) is 5.86. The number of hydrogen-bond donors (Lipinski definition) is 2. The van der Waals surface area contributed by atoms with Gasteiger partial charge in [-0.25, -0.2) is 12.8 Å². The molecule has 2 heterocycles. The Morgan fingerprint density at radius 3 is 2.60 bits per heavy atom. The summed E-state index contributed by atoms with van der Waals surface area (Å²) < 4.78 is 47.5. The summed E-state index contributed by atoms with van der Waals surface area (Å²) in [6.07, 6.45) is 0.491. The maximum Gasteiger partial charge on any atom is 0.256 e. The number of benzene rings is 2. The summed E-state index contributed by atoms with van der Waals surface area (Å²) in [6, 6.07) is 10.4. The zero-order chi connectivity index (χ0) is 25.5. The molecule has 0 spiro atoms. The highest BCUT2D eigenvalue weighted by atomic mass is 32.2. The van der Waals surface area contributed by atoms with Gasteiger partial charge < -0.3 is 15.8 Å². The predicted molar refractivity (Wildman–Crippen MR) is 132 cm³/mol. The van der Waals surface area contributed by atoms with Crippen molar-refractivity contribution in [3.63, 3.8) is 0 Å². The Bertz CT molecular complexity index is 1500. The van der Waals surface area contributed by atoms with Crippen LogP contribution in [0.2, 0.25) is 0 Å². The van der Waals surface area contributed by atoms with Crippen molar-refractivity contribution in [2.75, 3.05) is 21.9 Å². The third-order valence-corrected chi connectivity index (χ3v) is 7.64. The van der Waals surface area contributed by atoms with E-state index in [0.717, 1.165) is 16.2 Å². The zero-order valence-electron chi connectivity index (χ0n) is 19.5. The first kappa shape index (κ1) is 24.3. The van der Waals surface area contributed by atoms with Crippen LogP contribution in [0.3, 0.4) is 0 Å². The number of nitrogens with one attached hydrogen (secondary N) is 1. The fraction of sp³-hybridized carbons (Fsp3) is 0.250. The van der Waals surface area contributed by atoms with E-state index in [0.29, 0.717) is 30.0 Å². The minimum absolute atomic E-state index is 0.0165. The Morgan fingerprint density at radius 1 is 1.20 bits per heavy atom. The van der Waals surface area contributed by atoms with Gasteiger partial charge in [-0.2, -0.15) is 0 Å². The van der Waals surface area contributed by atoms with Crippen molar-refractivity contribution < 1.29 is 22.3 Å². The number of primary amides is 1. The van der Waals surface area contributed by atoms with Gasteiger partial charge in [-0.3, -0.25) is 18.5 Å². The van der Waals surface area contributed by atoms with Gasteiger partial charge in [-0.1, -0.05) is 6.07 Å². The normalized spacial score (nSPS) is 13.0. The van der Waals surface area contributed by atoms with E-state index in [2.05, 4.69) is 5.32 Å². The van der Waals surface area contributed by atoms with Crippen LogP contribution >= 0.6 is 0 Å². The number of fused-ring (bicyclic) bond motifs is 1. The summed E-state index contributed by atoms with van der Waals surface area (Å²) in [7, 11) is -1.98. The molecule has 0 aliphatic carbocycles. The molecule has 0 unspecified atom stereocenters. The van der Waals surface area contributed by atoms with Gasteiger partial charge in [0.25, 0.3) is 11.5 Å². The smallest absolute Gasteiger partial charge is 0.256 e. The lowest BCUT2D eigenvalue weighted by atomic mass is 10.1. The molecule has 0 atom stereocenters. The molecule has 1 amide bonds. The number of hydrogen-bond acceptors (Lipinski definition) is 6. The van der Waals surface area contributed by atoms with Gasteiger partial charge in [0.2, 0.25) is 10.0 Å². The summed E-state index contributed by atoms with van der Waals surface area (Å²) in [5.41, 5.74) is 7.06. The quantitative estimate of drug-likeness (QED) is 0.514. The third kappa shape index (κ3) is 4.59. The maximum absolute atomic E-state index is 14.5. The predicted octanol–water partition coefficient (Wildman–Crippen LogP) is 3.18. The maximum atomic E-state index is 14.5. The Morgan fingerprint density at radius 2 is 1.94 bits per heavy atom. The molecule has 0 bridgehead atoms. The number of rotatable bonds is 7. The Hall–Kier alpha value is -3.86. The second-order valence-corrected chi connectivity index (χ2v) is 10.4. The number of anilines is 3. The van der Waals surface area contributed by atoms with E-state index < -0.39 is 27.3 Å². The topological polar surface area (TPSA) is 124 Å². The number of carbonyl (C=O) groups excluding carboxylic acids is 1. The van der Waals surface area contributed by atoms with Crippen LogP contribution in [0.1, 0.15) is 28.4 Å². The van der Waals surface area contributed by atoms with Crippen molar-refractivity contribution in [1.82, 2.24) is 4.57 Å². The molecule has 3 aromatic rings. The second kappa shape index (κ2) is 9.06. The standard InChI is InChI=1S/C24H25FN4O5S/c1-4-35(32,33)29-10-9-15-12-16(6-8-19(15)29)34-20-13-21(30)28(3)24(22(20)23(26)31)27-18-7-5-14(2)11-17(18)25/h5-8,11-13,27H,4,9-10H2,1-3H3,(H2,26,31). The molecule has 0 saturated heterocycles. The fourth-order valence-corrected chi connectivity index (χ4v) is 5.13. The van der Waals surface area contributed by atoms with Crippen molar-refractivity contribution >= 4 is 33.1 Å². The average molecular weight is 501 g/mol. The SMILES string of the molecule is CCS(=O)(=O)N1CCc2cc(Oc3cc(=O)n(C)c(Nc4ccc(C)cc4F)c3C(N)=O)ccc21. The van der Waals surface area contributed by atoms with E-state index in [9.17, 15) is 22.4 Å². The molecule has 2 aromatic carbocycles. The van der Waals surface area contributed by atoms with Crippen LogP contribution in [0, 0.1) is 12.7 Å². The molecule has 4 rings (SSSR count). The molecule has 1 aliphatic rings. The second-order valence-electron chi connectivity index (χ2n) is 8.22. The van der Waals surface area contributed by atoms with Crippen molar-refractivity contribution in [2.24, 2.45) is 12.8 Å². The van der Waals surface area contributed by atoms with Gasteiger partial charge >= 0.3 is 0 Å². The molecule has 9 nitrogen and oxygen atoms in total.